The fourth-order valence-electron chi connectivity index (χ4n) is 3.84. The molecule has 2 N–H and O–H groups in total. The van der Waals surface area contributed by atoms with Crippen LogP contribution in [0.5, 0.6) is 5.75 Å². The Morgan fingerprint density at radius 1 is 1.15 bits per heavy atom. The molecule has 7 heteroatoms. The van der Waals surface area contributed by atoms with Gasteiger partial charge in [0, 0.05) is 42.8 Å². The highest BCUT2D eigenvalue weighted by Crippen LogP contribution is 2.23. The van der Waals surface area contributed by atoms with Crippen LogP contribution >= 0.6 is 24.0 Å². The lowest BCUT2D eigenvalue weighted by Gasteiger charge is -2.15. The molecule has 0 spiro atoms. The number of hydrogen-bond acceptors (Lipinski definition) is 4. The van der Waals surface area contributed by atoms with Crippen molar-refractivity contribution >= 4 is 40.8 Å². The Labute approximate surface area is 213 Å². The van der Waals surface area contributed by atoms with Crippen LogP contribution < -0.4 is 15.4 Å². The number of benzene rings is 2. The molecule has 1 fully saturated rings. The van der Waals surface area contributed by atoms with E-state index < -0.39 is 0 Å². The van der Waals surface area contributed by atoms with Gasteiger partial charge in [-0.25, -0.2) is 4.99 Å². The van der Waals surface area contributed by atoms with E-state index in [1.54, 1.807) is 0 Å². The van der Waals surface area contributed by atoms with Crippen LogP contribution in [0.2, 0.25) is 0 Å². The van der Waals surface area contributed by atoms with Crippen molar-refractivity contribution in [3.63, 3.8) is 0 Å². The Kier molecular flexibility index (Phi) is 9.75. The predicted octanol–water partition coefficient (Wildman–Crippen LogP) is 4.83. The van der Waals surface area contributed by atoms with Gasteiger partial charge in [0.05, 0.1) is 25.3 Å². The summed E-state index contributed by atoms with van der Waals surface area (Å²) in [5.74, 6) is 2.17. The lowest BCUT2D eigenvalue weighted by molar-refractivity contribution is 0.166. The van der Waals surface area contributed by atoms with E-state index in [4.69, 9.17) is 14.5 Å². The van der Waals surface area contributed by atoms with E-state index in [0.717, 1.165) is 54.4 Å². The van der Waals surface area contributed by atoms with Crippen LogP contribution in [0.4, 0.5) is 0 Å². The smallest absolute Gasteiger partial charge is 0.191 e. The fraction of sp³-hybridized carbons (Fsp3) is 0.385. The lowest BCUT2D eigenvalue weighted by Crippen LogP contribution is -2.36. The molecule has 33 heavy (non-hydrogen) atoms. The molecule has 2 heterocycles. The number of guanidine groups is 1. The Hall–Kier alpha value is -2.39. The zero-order chi connectivity index (χ0) is 22.2. The number of fused-ring (bicyclic) bond motifs is 1. The van der Waals surface area contributed by atoms with E-state index in [-0.39, 0.29) is 24.0 Å². The number of nitrogens with zero attached hydrogens (tertiary/aromatic N) is 2. The molecule has 0 aliphatic carbocycles. The first kappa shape index (κ1) is 25.2. The normalized spacial score (nSPS) is 15.8. The lowest BCUT2D eigenvalue weighted by atomic mass is 10.1. The zero-order valence-corrected chi connectivity index (χ0v) is 21.7. The number of rotatable bonds is 8. The summed E-state index contributed by atoms with van der Waals surface area (Å²) in [6.07, 6.45) is 2.92. The minimum Gasteiger partial charge on any atom is -0.493 e. The monoisotopic (exact) mass is 560 g/mol. The molecule has 1 unspecified atom stereocenters. The molecular formula is C26H33IN4O2. The van der Waals surface area contributed by atoms with E-state index in [2.05, 4.69) is 59.8 Å². The molecule has 4 rings (SSSR count). The van der Waals surface area contributed by atoms with Gasteiger partial charge in [-0.1, -0.05) is 30.3 Å². The maximum atomic E-state index is 6.17. The number of hydrogen-bond donors (Lipinski definition) is 2. The zero-order valence-electron chi connectivity index (χ0n) is 19.3. The number of pyridine rings is 1. The van der Waals surface area contributed by atoms with Crippen molar-refractivity contribution in [2.75, 3.05) is 26.4 Å². The van der Waals surface area contributed by atoms with Crippen LogP contribution in [0.1, 0.15) is 30.0 Å². The molecule has 176 valence electrons. The third-order valence-corrected chi connectivity index (χ3v) is 5.66. The quantitative estimate of drug-likeness (QED) is 0.235. The average molecular weight is 560 g/mol. The molecule has 1 saturated heterocycles. The topological polar surface area (TPSA) is 67.8 Å². The summed E-state index contributed by atoms with van der Waals surface area (Å²) in [4.78, 5) is 9.27. The molecule has 1 aliphatic heterocycles. The number of aryl methyl sites for hydroxylation is 1. The van der Waals surface area contributed by atoms with Gasteiger partial charge in [-0.05, 0) is 49.6 Å². The van der Waals surface area contributed by atoms with Crippen molar-refractivity contribution in [1.82, 2.24) is 15.6 Å². The number of ether oxygens (including phenoxy) is 2. The van der Waals surface area contributed by atoms with Crippen molar-refractivity contribution in [3.05, 3.63) is 71.4 Å². The Bertz CT molecular complexity index is 1060. The predicted molar refractivity (Wildman–Crippen MR) is 144 cm³/mol. The minimum atomic E-state index is 0. The first-order valence-electron chi connectivity index (χ1n) is 11.4. The number of aliphatic imine (C=N–C) groups is 1. The van der Waals surface area contributed by atoms with Gasteiger partial charge < -0.3 is 20.1 Å². The summed E-state index contributed by atoms with van der Waals surface area (Å²) in [5, 5.41) is 7.96. The summed E-state index contributed by atoms with van der Waals surface area (Å²) in [6.45, 7) is 8.49. The Morgan fingerprint density at radius 2 is 2.03 bits per heavy atom. The van der Waals surface area contributed by atoms with E-state index in [1.165, 1.54) is 11.1 Å². The molecule has 1 aliphatic rings. The highest BCUT2D eigenvalue weighted by atomic mass is 127. The van der Waals surface area contributed by atoms with Gasteiger partial charge >= 0.3 is 0 Å². The number of nitrogens with one attached hydrogen (secondary N) is 2. The maximum absolute atomic E-state index is 6.17. The maximum Gasteiger partial charge on any atom is 0.191 e. The van der Waals surface area contributed by atoms with Crippen molar-refractivity contribution < 1.29 is 9.47 Å². The van der Waals surface area contributed by atoms with Crippen molar-refractivity contribution in [2.24, 2.45) is 10.9 Å². The van der Waals surface area contributed by atoms with Crippen LogP contribution in [-0.4, -0.2) is 37.3 Å². The number of halogens is 1. The van der Waals surface area contributed by atoms with E-state index >= 15 is 0 Å². The van der Waals surface area contributed by atoms with E-state index in [9.17, 15) is 0 Å². The Balaban J connectivity index is 0.00000306. The molecule has 2 aromatic carbocycles. The Morgan fingerprint density at radius 3 is 2.85 bits per heavy atom. The second kappa shape index (κ2) is 12.7. The second-order valence-electron chi connectivity index (χ2n) is 8.19. The summed E-state index contributed by atoms with van der Waals surface area (Å²) < 4.78 is 11.6. The summed E-state index contributed by atoms with van der Waals surface area (Å²) >= 11 is 0. The van der Waals surface area contributed by atoms with Gasteiger partial charge in [0.25, 0.3) is 0 Å². The number of para-hydroxylation sites is 1. The van der Waals surface area contributed by atoms with E-state index in [1.807, 2.05) is 24.4 Å². The highest BCUT2D eigenvalue weighted by Gasteiger charge is 2.17. The first-order valence-corrected chi connectivity index (χ1v) is 11.4. The second-order valence-corrected chi connectivity index (χ2v) is 8.19. The third-order valence-electron chi connectivity index (χ3n) is 5.66. The van der Waals surface area contributed by atoms with Crippen molar-refractivity contribution in [1.29, 1.82) is 0 Å². The van der Waals surface area contributed by atoms with Gasteiger partial charge in [-0.15, -0.1) is 24.0 Å². The molecule has 0 amide bonds. The molecule has 6 nitrogen and oxygen atoms in total. The van der Waals surface area contributed by atoms with Crippen LogP contribution in [0.25, 0.3) is 10.9 Å². The van der Waals surface area contributed by atoms with Gasteiger partial charge in [-0.2, -0.15) is 0 Å². The molecule has 1 aromatic heterocycles. The summed E-state index contributed by atoms with van der Waals surface area (Å²) in [6, 6.07) is 16.6. The van der Waals surface area contributed by atoms with Crippen LogP contribution in [0, 0.1) is 12.8 Å². The highest BCUT2D eigenvalue weighted by molar-refractivity contribution is 14.0. The summed E-state index contributed by atoms with van der Waals surface area (Å²) in [7, 11) is 0. The molecular weight excluding hydrogens is 527 g/mol. The van der Waals surface area contributed by atoms with Crippen LogP contribution in [0.15, 0.2) is 59.7 Å². The standard InChI is InChI=1S/C26H32N4O2.HI/c1-3-27-26(29-15-21-10-12-28-24-7-5-4-6-23(21)24)30-16-22-9-8-19(2)14-25(22)32-18-20-11-13-31-17-20;/h4-10,12,14,20H,3,11,13,15-18H2,1-2H3,(H2,27,29,30);1H. The molecule has 0 saturated carbocycles. The molecule has 1 atom stereocenters. The van der Waals surface area contributed by atoms with E-state index in [0.29, 0.717) is 25.6 Å². The average Bonchev–Trinajstić information content (AvgIpc) is 3.34. The molecule has 3 aromatic rings. The largest absolute Gasteiger partial charge is 0.493 e. The summed E-state index contributed by atoms with van der Waals surface area (Å²) in [5.41, 5.74) is 4.47. The van der Waals surface area contributed by atoms with Gasteiger partial charge in [0.1, 0.15) is 5.75 Å². The molecule has 0 radical (unpaired) electrons. The molecule has 0 bridgehead atoms. The van der Waals surface area contributed by atoms with Crippen molar-refractivity contribution in [2.45, 2.75) is 33.4 Å². The third kappa shape index (κ3) is 7.04. The van der Waals surface area contributed by atoms with Gasteiger partial charge in [0.15, 0.2) is 5.96 Å². The van der Waals surface area contributed by atoms with Crippen molar-refractivity contribution in [3.8, 4) is 5.75 Å². The first-order chi connectivity index (χ1) is 15.7. The van der Waals surface area contributed by atoms with Crippen LogP contribution in [-0.2, 0) is 17.8 Å². The van der Waals surface area contributed by atoms with Gasteiger partial charge in [-0.3, -0.25) is 4.98 Å². The fourth-order valence-corrected chi connectivity index (χ4v) is 3.84. The number of aromatic nitrogens is 1. The SMILES string of the molecule is CCNC(=NCc1ccc(C)cc1OCC1CCOC1)NCc1ccnc2ccccc12.I. The minimum absolute atomic E-state index is 0. The van der Waals surface area contributed by atoms with Crippen LogP contribution in [0.3, 0.4) is 0 Å². The van der Waals surface area contributed by atoms with Gasteiger partial charge in [0.2, 0.25) is 0 Å².